The SMILES string of the molecule is N#CCCCNCC(O)C(N)=O. The van der Waals surface area contributed by atoms with E-state index >= 15 is 0 Å². The van der Waals surface area contributed by atoms with E-state index in [4.69, 9.17) is 16.1 Å². The van der Waals surface area contributed by atoms with Gasteiger partial charge >= 0.3 is 0 Å². The van der Waals surface area contributed by atoms with Crippen molar-refractivity contribution in [2.24, 2.45) is 5.73 Å². The van der Waals surface area contributed by atoms with Gasteiger partial charge in [0.05, 0.1) is 6.07 Å². The maximum Gasteiger partial charge on any atom is 0.247 e. The maximum atomic E-state index is 10.3. The summed E-state index contributed by atoms with van der Waals surface area (Å²) in [5.41, 5.74) is 4.80. The molecule has 68 valence electrons. The molecule has 0 rings (SSSR count). The number of nitriles is 1. The summed E-state index contributed by atoms with van der Waals surface area (Å²) in [6.07, 6.45) is 0.0499. The molecule has 0 aliphatic rings. The maximum absolute atomic E-state index is 10.3. The molecule has 0 radical (unpaired) electrons. The number of carbonyl (C=O) groups is 1. The molecule has 0 aromatic rings. The highest BCUT2D eigenvalue weighted by molar-refractivity contribution is 5.78. The summed E-state index contributed by atoms with van der Waals surface area (Å²) >= 11 is 0. The lowest BCUT2D eigenvalue weighted by Gasteiger charge is -2.06. The fraction of sp³-hybridized carbons (Fsp3) is 0.714. The van der Waals surface area contributed by atoms with Crippen LogP contribution in [0.15, 0.2) is 0 Å². The third-order valence-electron chi connectivity index (χ3n) is 1.31. The molecule has 4 N–H and O–H groups in total. The molecule has 1 atom stereocenters. The summed E-state index contributed by atoms with van der Waals surface area (Å²) in [6, 6.07) is 1.98. The second-order valence-electron chi connectivity index (χ2n) is 2.38. The van der Waals surface area contributed by atoms with Crippen LogP contribution < -0.4 is 11.1 Å². The van der Waals surface area contributed by atoms with Crippen LogP contribution in [-0.2, 0) is 4.79 Å². The van der Waals surface area contributed by atoms with Crippen molar-refractivity contribution in [3.05, 3.63) is 0 Å². The van der Waals surface area contributed by atoms with Gasteiger partial charge in [0.25, 0.3) is 0 Å². The molecule has 0 aliphatic carbocycles. The number of nitrogens with one attached hydrogen (secondary N) is 1. The molecule has 0 aromatic carbocycles. The quantitative estimate of drug-likeness (QED) is 0.434. The summed E-state index contributed by atoms with van der Waals surface area (Å²) in [5, 5.41) is 19.8. The molecule has 0 saturated carbocycles. The van der Waals surface area contributed by atoms with Crippen molar-refractivity contribution >= 4 is 5.91 Å². The van der Waals surface area contributed by atoms with Gasteiger partial charge in [0.2, 0.25) is 5.91 Å². The molecule has 0 saturated heterocycles. The summed E-state index contributed by atoms with van der Waals surface area (Å²) in [5.74, 6) is -0.734. The molecule has 5 nitrogen and oxygen atoms in total. The van der Waals surface area contributed by atoms with E-state index in [1.165, 1.54) is 0 Å². The highest BCUT2D eigenvalue weighted by Gasteiger charge is 2.08. The first-order valence-electron chi connectivity index (χ1n) is 3.73. The van der Waals surface area contributed by atoms with Gasteiger partial charge in [-0.1, -0.05) is 0 Å². The van der Waals surface area contributed by atoms with E-state index in [-0.39, 0.29) is 6.54 Å². The van der Waals surface area contributed by atoms with Crippen LogP contribution in [0.2, 0.25) is 0 Å². The molecular weight excluding hydrogens is 158 g/mol. The molecule has 1 amide bonds. The number of amides is 1. The molecule has 0 fully saturated rings. The van der Waals surface area contributed by atoms with Crippen LogP contribution >= 0.6 is 0 Å². The number of nitrogens with two attached hydrogens (primary N) is 1. The van der Waals surface area contributed by atoms with Crippen LogP contribution in [0.3, 0.4) is 0 Å². The molecule has 12 heavy (non-hydrogen) atoms. The molecule has 5 heteroatoms. The molecule has 0 aliphatic heterocycles. The van der Waals surface area contributed by atoms with E-state index in [0.717, 1.165) is 0 Å². The fourth-order valence-corrected chi connectivity index (χ4v) is 0.632. The molecule has 1 unspecified atom stereocenters. The zero-order valence-electron chi connectivity index (χ0n) is 6.79. The van der Waals surface area contributed by atoms with Gasteiger partial charge in [0.15, 0.2) is 0 Å². The van der Waals surface area contributed by atoms with Crippen LogP contribution in [-0.4, -0.2) is 30.2 Å². The Labute approximate surface area is 71.2 Å². The number of unbranched alkanes of at least 4 members (excludes halogenated alkanes) is 1. The number of aliphatic hydroxyl groups excluding tert-OH is 1. The number of aliphatic hydroxyl groups is 1. The van der Waals surface area contributed by atoms with Gasteiger partial charge in [-0.25, -0.2) is 0 Å². The average Bonchev–Trinajstić information content (AvgIpc) is 2.03. The lowest BCUT2D eigenvalue weighted by molar-refractivity contribution is -0.125. The molecule has 0 spiro atoms. The van der Waals surface area contributed by atoms with Gasteiger partial charge in [-0.2, -0.15) is 5.26 Å². The third kappa shape index (κ3) is 5.65. The first-order chi connectivity index (χ1) is 5.68. The average molecular weight is 171 g/mol. The predicted molar refractivity (Wildman–Crippen MR) is 42.9 cm³/mol. The topological polar surface area (TPSA) is 99.1 Å². The summed E-state index contributed by atoms with van der Waals surface area (Å²) in [4.78, 5) is 10.3. The Hall–Kier alpha value is -1.12. The Morgan fingerprint density at radius 2 is 2.42 bits per heavy atom. The van der Waals surface area contributed by atoms with Crippen molar-refractivity contribution in [3.63, 3.8) is 0 Å². The standard InChI is InChI=1S/C7H13N3O2/c8-3-1-2-4-10-5-6(11)7(9)12/h6,10-11H,1-2,4-5H2,(H2,9,12). The molecule has 0 aromatic heterocycles. The smallest absolute Gasteiger partial charge is 0.247 e. The van der Waals surface area contributed by atoms with Gasteiger partial charge < -0.3 is 16.2 Å². The van der Waals surface area contributed by atoms with Crippen LogP contribution in [0.1, 0.15) is 12.8 Å². The second-order valence-corrected chi connectivity index (χ2v) is 2.38. The van der Waals surface area contributed by atoms with E-state index in [2.05, 4.69) is 5.32 Å². The van der Waals surface area contributed by atoms with Crippen LogP contribution in [0.5, 0.6) is 0 Å². The third-order valence-corrected chi connectivity index (χ3v) is 1.31. The zero-order valence-corrected chi connectivity index (χ0v) is 6.79. The van der Waals surface area contributed by atoms with Crippen molar-refractivity contribution in [3.8, 4) is 6.07 Å². The second kappa shape index (κ2) is 6.58. The summed E-state index contributed by atoms with van der Waals surface area (Å²) in [7, 11) is 0. The number of primary amides is 1. The van der Waals surface area contributed by atoms with Gasteiger partial charge in [-0.15, -0.1) is 0 Å². The Balaban J connectivity index is 3.21. The van der Waals surface area contributed by atoms with Gasteiger partial charge in [0, 0.05) is 13.0 Å². The van der Waals surface area contributed by atoms with Crippen LogP contribution in [0.4, 0.5) is 0 Å². The highest BCUT2D eigenvalue weighted by Crippen LogP contribution is 1.83. The normalized spacial score (nSPS) is 12.0. The summed E-state index contributed by atoms with van der Waals surface area (Å²) < 4.78 is 0. The van der Waals surface area contributed by atoms with Crippen molar-refractivity contribution in [2.75, 3.05) is 13.1 Å². The fourth-order valence-electron chi connectivity index (χ4n) is 0.632. The van der Waals surface area contributed by atoms with Gasteiger partial charge in [-0.3, -0.25) is 4.79 Å². The van der Waals surface area contributed by atoms with E-state index in [9.17, 15) is 4.79 Å². The van der Waals surface area contributed by atoms with Gasteiger partial charge in [0.1, 0.15) is 6.10 Å². The number of carbonyl (C=O) groups excluding carboxylic acids is 1. The van der Waals surface area contributed by atoms with Gasteiger partial charge in [-0.05, 0) is 13.0 Å². The number of hydrogen-bond donors (Lipinski definition) is 3. The molecule has 0 bridgehead atoms. The van der Waals surface area contributed by atoms with Crippen LogP contribution in [0, 0.1) is 11.3 Å². The first-order valence-corrected chi connectivity index (χ1v) is 3.73. The Morgan fingerprint density at radius 1 is 1.75 bits per heavy atom. The Morgan fingerprint density at radius 3 is 2.92 bits per heavy atom. The van der Waals surface area contributed by atoms with Crippen molar-refractivity contribution in [1.29, 1.82) is 5.26 Å². The van der Waals surface area contributed by atoms with E-state index in [1.807, 2.05) is 6.07 Å². The minimum absolute atomic E-state index is 0.154. The van der Waals surface area contributed by atoms with E-state index < -0.39 is 12.0 Å². The monoisotopic (exact) mass is 171 g/mol. The Bertz CT molecular complexity index is 176. The molecular formula is C7H13N3O2. The number of rotatable bonds is 6. The predicted octanol–water partition coefficient (Wildman–Crippen LogP) is -1.27. The highest BCUT2D eigenvalue weighted by atomic mass is 16.3. The zero-order chi connectivity index (χ0) is 9.40. The minimum Gasteiger partial charge on any atom is -0.382 e. The largest absolute Gasteiger partial charge is 0.382 e. The summed E-state index contributed by atoms with van der Waals surface area (Å²) in [6.45, 7) is 0.763. The lowest BCUT2D eigenvalue weighted by Crippen LogP contribution is -2.37. The van der Waals surface area contributed by atoms with Crippen molar-refractivity contribution in [2.45, 2.75) is 18.9 Å². The Kier molecular flexibility index (Phi) is 5.97. The lowest BCUT2D eigenvalue weighted by atomic mass is 10.3. The van der Waals surface area contributed by atoms with Crippen LogP contribution in [0.25, 0.3) is 0 Å². The first kappa shape index (κ1) is 10.9. The van der Waals surface area contributed by atoms with Crippen molar-refractivity contribution < 1.29 is 9.90 Å². The van der Waals surface area contributed by atoms with E-state index in [0.29, 0.717) is 19.4 Å². The van der Waals surface area contributed by atoms with E-state index in [1.54, 1.807) is 0 Å². The minimum atomic E-state index is -1.13. The van der Waals surface area contributed by atoms with Crippen molar-refractivity contribution in [1.82, 2.24) is 5.32 Å². The number of nitrogens with zero attached hydrogens (tertiary/aromatic N) is 1. The molecule has 0 heterocycles. The number of hydrogen-bond acceptors (Lipinski definition) is 4.